The number of amides is 4. The summed E-state index contributed by atoms with van der Waals surface area (Å²) in [5, 5.41) is 5.45. The zero-order valence-corrected chi connectivity index (χ0v) is 41.3. The molecule has 370 valence electrons. The number of carbonyl (C=O) groups is 4. The lowest BCUT2D eigenvalue weighted by molar-refractivity contribution is -0.136. The zero-order valence-electron chi connectivity index (χ0n) is 41.3. The van der Waals surface area contributed by atoms with Gasteiger partial charge in [0, 0.05) is 13.1 Å². The molecule has 3 fully saturated rings. The summed E-state index contributed by atoms with van der Waals surface area (Å²) in [6.07, 6.45) is 5.64. The number of benzene rings is 4. The molecule has 4 aromatic carbocycles. The first-order chi connectivity index (χ1) is 34.4. The standard InChI is InChI=1S/C56H64N8O7/c1-33(2)49(61-55(67)69-5)53(65)63-28-10-14-44(63)51-57-30-42(59-51)36-16-20-38(21-17-36)46-47(48(46)40-24-26-41(27-25-40)71-32-35-12-8-7-9-13-35)39-22-18-37(19-23-39)43-31-58-52(60-43)45-15-11-29-64(45)54(66)50(34(3)4)62-56(68)70-6/h7-9,12-13,16-27,30-31,33-34,44-50H,10-11,14-15,28-29,32H2,1-6H3,(H,57,59)(H,58,60)(H,61,67)(H,62,68). The second kappa shape index (κ2) is 21.3. The number of nitrogens with one attached hydrogen (secondary N) is 4. The maximum absolute atomic E-state index is 13.8. The first-order valence-electron chi connectivity index (χ1n) is 24.8. The Morgan fingerprint density at radius 2 is 1.00 bits per heavy atom. The van der Waals surface area contributed by atoms with Gasteiger partial charge < -0.3 is 44.6 Å². The monoisotopic (exact) mass is 960 g/mol. The van der Waals surface area contributed by atoms with Gasteiger partial charge in [-0.3, -0.25) is 9.59 Å². The van der Waals surface area contributed by atoms with Crippen LogP contribution in [-0.2, 0) is 25.7 Å². The number of alkyl carbamates (subject to hydrolysis) is 2. The first-order valence-corrected chi connectivity index (χ1v) is 24.8. The summed E-state index contributed by atoms with van der Waals surface area (Å²) in [4.78, 5) is 72.0. The van der Waals surface area contributed by atoms with Gasteiger partial charge in [-0.2, -0.15) is 0 Å². The van der Waals surface area contributed by atoms with Crippen molar-refractivity contribution >= 4 is 24.0 Å². The molecule has 15 heteroatoms. The van der Waals surface area contributed by atoms with Crippen LogP contribution in [0, 0.1) is 11.8 Å². The number of hydrogen-bond acceptors (Lipinski definition) is 9. The minimum atomic E-state index is -0.704. The molecule has 6 aromatic rings. The lowest BCUT2D eigenvalue weighted by Crippen LogP contribution is -2.51. The molecular formula is C56H64N8O7. The van der Waals surface area contributed by atoms with Gasteiger partial charge in [-0.25, -0.2) is 19.6 Å². The second-order valence-electron chi connectivity index (χ2n) is 19.6. The van der Waals surface area contributed by atoms with Crippen LogP contribution >= 0.6 is 0 Å². The van der Waals surface area contributed by atoms with Crippen molar-refractivity contribution in [2.45, 2.75) is 102 Å². The van der Waals surface area contributed by atoms with Crippen LogP contribution in [0.2, 0.25) is 0 Å². The molecule has 4 amide bonds. The molecule has 4 N–H and O–H groups in total. The van der Waals surface area contributed by atoms with E-state index >= 15 is 0 Å². The molecule has 4 heterocycles. The van der Waals surface area contributed by atoms with Gasteiger partial charge in [0.1, 0.15) is 36.1 Å². The minimum absolute atomic E-state index is 0.120. The van der Waals surface area contributed by atoms with Gasteiger partial charge in [0.25, 0.3) is 0 Å². The lowest BCUT2D eigenvalue weighted by atomic mass is 10.0. The molecule has 71 heavy (non-hydrogen) atoms. The molecular weight excluding hydrogens is 897 g/mol. The molecule has 1 saturated carbocycles. The average molecular weight is 961 g/mol. The number of likely N-dealkylation sites (tertiary alicyclic amines) is 2. The highest BCUT2D eigenvalue weighted by molar-refractivity contribution is 5.87. The van der Waals surface area contributed by atoms with Gasteiger partial charge in [-0.05, 0) is 101 Å². The third-order valence-corrected chi connectivity index (χ3v) is 14.4. The molecule has 6 unspecified atom stereocenters. The SMILES string of the molecule is COC(=O)NC(C(=O)N1CCCC1c1ncc(-c2ccc(C3C(c4ccc(OCc5ccccc5)cc4)C3c3ccc(-c4cnc(C5CCCN5C(=O)C(NC(=O)OC)C(C)C)[nH]4)cc3)cc2)[nH]1)C(C)C. The Bertz CT molecular complexity index is 2640. The lowest BCUT2D eigenvalue weighted by Gasteiger charge is -2.30. The van der Waals surface area contributed by atoms with Gasteiger partial charge in [0.2, 0.25) is 11.8 Å². The molecule has 2 aromatic heterocycles. The van der Waals surface area contributed by atoms with Crippen LogP contribution in [0.5, 0.6) is 5.75 Å². The van der Waals surface area contributed by atoms with E-state index in [1.54, 1.807) is 0 Å². The molecule has 0 bridgehead atoms. The van der Waals surface area contributed by atoms with Crippen LogP contribution in [0.3, 0.4) is 0 Å². The summed E-state index contributed by atoms with van der Waals surface area (Å²) in [6, 6.07) is 34.3. The summed E-state index contributed by atoms with van der Waals surface area (Å²) in [7, 11) is 2.59. The van der Waals surface area contributed by atoms with E-state index < -0.39 is 24.3 Å². The van der Waals surface area contributed by atoms with Crippen LogP contribution in [0.25, 0.3) is 22.5 Å². The Morgan fingerprint density at radius 3 is 1.39 bits per heavy atom. The number of nitrogens with zero attached hydrogens (tertiary/aromatic N) is 4. The van der Waals surface area contributed by atoms with Crippen molar-refractivity contribution in [1.82, 2.24) is 40.4 Å². The number of aromatic amines is 2. The molecule has 2 saturated heterocycles. The van der Waals surface area contributed by atoms with Crippen LogP contribution in [0.15, 0.2) is 116 Å². The quantitative estimate of drug-likeness (QED) is 0.0734. The largest absolute Gasteiger partial charge is 0.489 e. The summed E-state index contributed by atoms with van der Waals surface area (Å²) in [5.74, 6) is 2.43. The van der Waals surface area contributed by atoms with E-state index in [1.165, 1.54) is 30.9 Å². The van der Waals surface area contributed by atoms with E-state index in [0.29, 0.717) is 19.7 Å². The predicted molar refractivity (Wildman–Crippen MR) is 269 cm³/mol. The summed E-state index contributed by atoms with van der Waals surface area (Å²) >= 11 is 0. The van der Waals surface area contributed by atoms with E-state index in [1.807, 2.05) is 68.1 Å². The van der Waals surface area contributed by atoms with Gasteiger partial charge in [-0.15, -0.1) is 0 Å². The number of hydrogen-bond donors (Lipinski definition) is 4. The maximum atomic E-state index is 13.8. The van der Waals surface area contributed by atoms with E-state index in [0.717, 1.165) is 71.2 Å². The normalized spacial score (nSPS) is 20.4. The van der Waals surface area contributed by atoms with Crippen molar-refractivity contribution in [2.75, 3.05) is 27.3 Å². The summed E-state index contributed by atoms with van der Waals surface area (Å²) in [5.41, 5.74) is 8.56. The molecule has 0 radical (unpaired) electrons. The van der Waals surface area contributed by atoms with Gasteiger partial charge >= 0.3 is 12.2 Å². The van der Waals surface area contributed by atoms with Crippen LogP contribution in [-0.4, -0.2) is 93.1 Å². The number of rotatable bonds is 16. The number of H-pyrrole nitrogens is 2. The first kappa shape index (κ1) is 48.6. The smallest absolute Gasteiger partial charge is 0.407 e. The van der Waals surface area contributed by atoms with Gasteiger partial charge in [-0.1, -0.05) is 119 Å². The van der Waals surface area contributed by atoms with E-state index in [9.17, 15) is 19.2 Å². The summed E-state index contributed by atoms with van der Waals surface area (Å²) in [6.45, 7) is 9.31. The van der Waals surface area contributed by atoms with Crippen LogP contribution in [0.1, 0.15) is 117 Å². The van der Waals surface area contributed by atoms with Crippen molar-refractivity contribution in [1.29, 1.82) is 0 Å². The van der Waals surface area contributed by atoms with Crippen molar-refractivity contribution in [3.05, 3.63) is 149 Å². The number of ether oxygens (including phenoxy) is 3. The molecule has 3 aliphatic rings. The van der Waals surface area contributed by atoms with Crippen molar-refractivity contribution < 1.29 is 33.4 Å². The topological polar surface area (TPSA) is 184 Å². The predicted octanol–water partition coefficient (Wildman–Crippen LogP) is 9.80. The zero-order chi connectivity index (χ0) is 49.8. The Morgan fingerprint density at radius 1 is 0.592 bits per heavy atom. The minimum Gasteiger partial charge on any atom is -0.489 e. The third kappa shape index (κ3) is 10.5. The van der Waals surface area contributed by atoms with Crippen LogP contribution in [0.4, 0.5) is 9.59 Å². The Kier molecular flexibility index (Phi) is 14.6. The molecule has 2 aliphatic heterocycles. The van der Waals surface area contributed by atoms with E-state index in [4.69, 9.17) is 24.2 Å². The van der Waals surface area contributed by atoms with E-state index in [-0.39, 0.29) is 53.5 Å². The Balaban J connectivity index is 0.928. The third-order valence-electron chi connectivity index (χ3n) is 14.4. The highest BCUT2D eigenvalue weighted by atomic mass is 16.5. The number of methoxy groups -OCH3 is 2. The number of aromatic nitrogens is 4. The Labute approximate surface area is 415 Å². The number of carbonyl (C=O) groups excluding carboxylic acids is 4. The molecule has 9 rings (SSSR count). The Hall–Kier alpha value is -7.42. The molecule has 15 nitrogen and oxygen atoms in total. The molecule has 1 aliphatic carbocycles. The fourth-order valence-electron chi connectivity index (χ4n) is 10.5. The van der Waals surface area contributed by atoms with Crippen molar-refractivity contribution in [2.24, 2.45) is 11.8 Å². The van der Waals surface area contributed by atoms with Gasteiger partial charge in [0.15, 0.2) is 0 Å². The maximum Gasteiger partial charge on any atom is 0.407 e. The highest BCUT2D eigenvalue weighted by Gasteiger charge is 2.52. The highest BCUT2D eigenvalue weighted by Crippen LogP contribution is 2.66. The average Bonchev–Trinajstić information content (AvgIpc) is 4.03. The molecule has 6 atom stereocenters. The van der Waals surface area contributed by atoms with Crippen LogP contribution < -0.4 is 15.4 Å². The van der Waals surface area contributed by atoms with Crippen molar-refractivity contribution in [3.63, 3.8) is 0 Å². The summed E-state index contributed by atoms with van der Waals surface area (Å²) < 4.78 is 15.8. The fourth-order valence-corrected chi connectivity index (χ4v) is 10.5. The molecule has 0 spiro atoms. The second-order valence-corrected chi connectivity index (χ2v) is 19.6. The van der Waals surface area contributed by atoms with Crippen molar-refractivity contribution in [3.8, 4) is 28.3 Å². The number of imidazole rings is 2. The fraction of sp³-hybridized carbons (Fsp3) is 0.393. The van der Waals surface area contributed by atoms with Gasteiger partial charge in [0.05, 0.1) is 50.1 Å². The van der Waals surface area contributed by atoms with E-state index in [2.05, 4.69) is 106 Å².